The smallest absolute Gasteiger partial charge is 0.308 e. The standard InChI is InChI=1S/C15H25N3O5/c1-5-6-9(14(19)20-4)7-10-12(21-10)13-11(8-17-18-16)22-15(2,3)23-13/h9-13H,5-8H2,1-4H3/t9-,10+,11+,12-,13+/m0/s1. The Balaban J connectivity index is 1.95. The predicted octanol–water partition coefficient (Wildman–Crippen LogP) is 2.56. The van der Waals surface area contributed by atoms with Gasteiger partial charge in [-0.25, -0.2) is 0 Å². The van der Waals surface area contributed by atoms with Crippen LogP contribution in [0.3, 0.4) is 0 Å². The quantitative estimate of drug-likeness (QED) is 0.224. The van der Waals surface area contributed by atoms with Gasteiger partial charge in [-0.15, -0.1) is 0 Å². The number of nitrogens with zero attached hydrogens (tertiary/aromatic N) is 3. The third kappa shape index (κ3) is 4.57. The Kier molecular flexibility index (Phi) is 5.86. The number of esters is 1. The van der Waals surface area contributed by atoms with Crippen LogP contribution in [0, 0.1) is 5.92 Å². The van der Waals surface area contributed by atoms with Gasteiger partial charge in [0.25, 0.3) is 0 Å². The molecule has 0 aromatic heterocycles. The van der Waals surface area contributed by atoms with Crippen LogP contribution in [0.5, 0.6) is 0 Å². The van der Waals surface area contributed by atoms with Crippen molar-refractivity contribution in [3.8, 4) is 0 Å². The third-order valence-electron chi connectivity index (χ3n) is 4.18. The van der Waals surface area contributed by atoms with E-state index in [4.69, 9.17) is 24.5 Å². The summed E-state index contributed by atoms with van der Waals surface area (Å²) in [5.74, 6) is -1.09. The van der Waals surface area contributed by atoms with Crippen LogP contribution in [0.4, 0.5) is 0 Å². The number of carbonyl (C=O) groups excluding carboxylic acids is 1. The highest BCUT2D eigenvalue weighted by atomic mass is 16.8. The largest absolute Gasteiger partial charge is 0.469 e. The monoisotopic (exact) mass is 327 g/mol. The second-order valence-electron chi connectivity index (χ2n) is 6.44. The molecule has 130 valence electrons. The van der Waals surface area contributed by atoms with E-state index >= 15 is 0 Å². The van der Waals surface area contributed by atoms with Crippen molar-refractivity contribution in [2.45, 2.75) is 70.2 Å². The van der Waals surface area contributed by atoms with E-state index in [9.17, 15) is 4.79 Å². The molecule has 2 fully saturated rings. The summed E-state index contributed by atoms with van der Waals surface area (Å²) in [5, 5.41) is 3.58. The van der Waals surface area contributed by atoms with Gasteiger partial charge in [0.2, 0.25) is 0 Å². The van der Waals surface area contributed by atoms with E-state index in [1.54, 1.807) is 0 Å². The molecule has 2 saturated heterocycles. The molecular weight excluding hydrogens is 302 g/mol. The summed E-state index contributed by atoms with van der Waals surface area (Å²) >= 11 is 0. The second-order valence-corrected chi connectivity index (χ2v) is 6.44. The first-order valence-corrected chi connectivity index (χ1v) is 8.01. The molecular formula is C15H25N3O5. The maximum atomic E-state index is 11.8. The summed E-state index contributed by atoms with van der Waals surface area (Å²) in [6.45, 7) is 5.88. The minimum atomic E-state index is -0.734. The van der Waals surface area contributed by atoms with Crippen LogP contribution in [0.1, 0.15) is 40.0 Å². The topological polar surface area (TPSA) is 106 Å². The van der Waals surface area contributed by atoms with Gasteiger partial charge in [-0.05, 0) is 32.2 Å². The zero-order chi connectivity index (χ0) is 17.0. The van der Waals surface area contributed by atoms with Crippen molar-refractivity contribution in [1.82, 2.24) is 0 Å². The Morgan fingerprint density at radius 2 is 2.09 bits per heavy atom. The number of epoxide rings is 1. The predicted molar refractivity (Wildman–Crippen MR) is 81.5 cm³/mol. The molecule has 8 nitrogen and oxygen atoms in total. The molecule has 2 aliphatic rings. The van der Waals surface area contributed by atoms with Crippen LogP contribution in [0.15, 0.2) is 5.11 Å². The summed E-state index contributed by atoms with van der Waals surface area (Å²) in [5.41, 5.74) is 8.49. The number of hydrogen-bond donors (Lipinski definition) is 0. The highest BCUT2D eigenvalue weighted by Crippen LogP contribution is 2.41. The van der Waals surface area contributed by atoms with Crippen LogP contribution >= 0.6 is 0 Å². The molecule has 0 spiro atoms. The minimum absolute atomic E-state index is 0.0540. The fraction of sp³-hybridized carbons (Fsp3) is 0.933. The zero-order valence-electron chi connectivity index (χ0n) is 14.1. The minimum Gasteiger partial charge on any atom is -0.469 e. The molecule has 2 heterocycles. The third-order valence-corrected chi connectivity index (χ3v) is 4.18. The maximum absolute atomic E-state index is 11.8. The SMILES string of the molecule is CCC[C@@H](C[C@H]1O[C@@H]1[C@@H]1OC(C)(C)O[C@@H]1CN=[N+]=[N-])C(=O)OC. The molecule has 0 bridgehead atoms. The maximum Gasteiger partial charge on any atom is 0.308 e. The van der Waals surface area contributed by atoms with Gasteiger partial charge in [0.1, 0.15) is 12.2 Å². The number of methoxy groups -OCH3 is 1. The number of ether oxygens (including phenoxy) is 4. The average Bonchev–Trinajstić information content (AvgIpc) is 3.19. The van der Waals surface area contributed by atoms with Crippen LogP contribution in [0.2, 0.25) is 0 Å². The first-order valence-electron chi connectivity index (χ1n) is 8.01. The Morgan fingerprint density at radius 1 is 1.35 bits per heavy atom. The van der Waals surface area contributed by atoms with Crippen molar-refractivity contribution >= 4 is 5.97 Å². The molecule has 0 aromatic carbocycles. The lowest BCUT2D eigenvalue weighted by atomic mass is 9.95. The lowest BCUT2D eigenvalue weighted by Crippen LogP contribution is -2.32. The lowest BCUT2D eigenvalue weighted by Gasteiger charge is -2.16. The average molecular weight is 327 g/mol. The number of hydrogen-bond acceptors (Lipinski definition) is 6. The lowest BCUT2D eigenvalue weighted by molar-refractivity contribution is -0.147. The second kappa shape index (κ2) is 7.49. The summed E-state index contributed by atoms with van der Waals surface area (Å²) in [7, 11) is 1.41. The van der Waals surface area contributed by atoms with E-state index in [1.807, 2.05) is 20.8 Å². The Hall–Kier alpha value is -1.34. The number of azide groups is 1. The fourth-order valence-corrected chi connectivity index (χ4v) is 3.16. The molecule has 0 aliphatic carbocycles. The van der Waals surface area contributed by atoms with Gasteiger partial charge in [-0.1, -0.05) is 18.5 Å². The van der Waals surface area contributed by atoms with E-state index in [1.165, 1.54) is 7.11 Å². The van der Waals surface area contributed by atoms with Crippen molar-refractivity contribution < 1.29 is 23.7 Å². The van der Waals surface area contributed by atoms with Gasteiger partial charge in [-0.3, -0.25) is 4.79 Å². The molecule has 5 atom stereocenters. The van der Waals surface area contributed by atoms with Crippen LogP contribution in [0.25, 0.3) is 10.4 Å². The Labute approximate surface area is 136 Å². The molecule has 2 aliphatic heterocycles. The zero-order valence-corrected chi connectivity index (χ0v) is 14.1. The van der Waals surface area contributed by atoms with E-state index in [0.29, 0.717) is 6.42 Å². The van der Waals surface area contributed by atoms with Crippen LogP contribution < -0.4 is 0 Å². The molecule has 0 N–H and O–H groups in total. The summed E-state index contributed by atoms with van der Waals surface area (Å²) in [6, 6.07) is 0. The molecule has 8 heteroatoms. The van der Waals surface area contributed by atoms with E-state index in [-0.39, 0.29) is 42.8 Å². The Bertz CT molecular complexity index is 478. The molecule has 0 unspecified atom stereocenters. The van der Waals surface area contributed by atoms with Gasteiger partial charge in [0, 0.05) is 4.91 Å². The first-order chi connectivity index (χ1) is 10.9. The summed E-state index contributed by atoms with van der Waals surface area (Å²) in [6.07, 6.45) is 1.47. The number of rotatable bonds is 8. The number of carbonyl (C=O) groups is 1. The van der Waals surface area contributed by atoms with Gasteiger partial charge in [-0.2, -0.15) is 0 Å². The van der Waals surface area contributed by atoms with Gasteiger partial charge in [0.05, 0.1) is 31.8 Å². The summed E-state index contributed by atoms with van der Waals surface area (Å²) in [4.78, 5) is 14.6. The van der Waals surface area contributed by atoms with E-state index < -0.39 is 5.79 Å². The Morgan fingerprint density at radius 3 is 2.70 bits per heavy atom. The van der Waals surface area contributed by atoms with Crippen LogP contribution in [-0.2, 0) is 23.7 Å². The van der Waals surface area contributed by atoms with E-state index in [2.05, 4.69) is 10.0 Å². The molecule has 2 rings (SSSR count). The molecule has 0 saturated carbocycles. The van der Waals surface area contributed by atoms with Gasteiger partial charge in [0.15, 0.2) is 5.79 Å². The van der Waals surface area contributed by atoms with Gasteiger partial charge < -0.3 is 18.9 Å². The first kappa shape index (κ1) is 18.0. The molecule has 0 radical (unpaired) electrons. The van der Waals surface area contributed by atoms with Crippen LogP contribution in [-0.4, -0.2) is 49.8 Å². The van der Waals surface area contributed by atoms with E-state index in [0.717, 1.165) is 12.8 Å². The van der Waals surface area contributed by atoms with Crippen molar-refractivity contribution in [3.63, 3.8) is 0 Å². The van der Waals surface area contributed by atoms with Crippen molar-refractivity contribution in [2.75, 3.05) is 13.7 Å². The normalized spacial score (nSPS) is 32.9. The fourth-order valence-electron chi connectivity index (χ4n) is 3.16. The summed E-state index contributed by atoms with van der Waals surface area (Å²) < 4.78 is 22.3. The molecule has 0 amide bonds. The van der Waals surface area contributed by atoms with Crippen molar-refractivity contribution in [3.05, 3.63) is 10.4 Å². The van der Waals surface area contributed by atoms with Crippen molar-refractivity contribution in [1.29, 1.82) is 0 Å². The highest BCUT2D eigenvalue weighted by molar-refractivity contribution is 5.72. The molecule has 23 heavy (non-hydrogen) atoms. The molecule has 0 aromatic rings. The highest BCUT2D eigenvalue weighted by Gasteiger charge is 2.55. The van der Waals surface area contributed by atoms with Gasteiger partial charge >= 0.3 is 5.97 Å². The van der Waals surface area contributed by atoms with Crippen molar-refractivity contribution in [2.24, 2.45) is 11.0 Å².